The molecule has 0 fully saturated rings. The molecule has 6 nitrogen and oxygen atoms in total. The summed E-state index contributed by atoms with van der Waals surface area (Å²) in [4.78, 5) is 14.9. The number of halogens is 1. The lowest BCUT2D eigenvalue weighted by Gasteiger charge is -2.07. The van der Waals surface area contributed by atoms with Crippen LogP contribution in [0.25, 0.3) is 0 Å². The van der Waals surface area contributed by atoms with Gasteiger partial charge in [-0.1, -0.05) is 11.6 Å². The number of nitrogens with one attached hydrogen (secondary N) is 1. The van der Waals surface area contributed by atoms with Crippen molar-refractivity contribution in [3.8, 4) is 0 Å². The Kier molecular flexibility index (Phi) is 3.98. The molecular formula is C11H10ClN3O3S2. The number of ketones is 1. The van der Waals surface area contributed by atoms with E-state index in [0.717, 1.165) is 11.3 Å². The molecule has 0 aliphatic rings. The number of carbonyl (C=O) groups is 1. The van der Waals surface area contributed by atoms with Crippen molar-refractivity contribution < 1.29 is 13.2 Å². The first-order valence-corrected chi connectivity index (χ1v) is 8.08. The number of anilines is 2. The van der Waals surface area contributed by atoms with E-state index in [0.29, 0.717) is 5.69 Å². The molecule has 1 aromatic carbocycles. The minimum Gasteiger partial charge on any atom is -0.399 e. The first-order valence-electron chi connectivity index (χ1n) is 5.34. The fourth-order valence-electron chi connectivity index (χ4n) is 1.39. The molecule has 0 saturated heterocycles. The average molecular weight is 332 g/mol. The van der Waals surface area contributed by atoms with E-state index >= 15 is 0 Å². The molecule has 0 unspecified atom stereocenters. The maximum absolute atomic E-state index is 12.2. The van der Waals surface area contributed by atoms with Crippen molar-refractivity contribution in [2.24, 2.45) is 0 Å². The number of carbonyl (C=O) groups excluding carboxylic acids is 1. The van der Waals surface area contributed by atoms with Crippen molar-refractivity contribution in [1.29, 1.82) is 0 Å². The average Bonchev–Trinajstić information content (AvgIpc) is 2.76. The van der Waals surface area contributed by atoms with Gasteiger partial charge in [0.1, 0.15) is 10.6 Å². The molecule has 1 heterocycles. The van der Waals surface area contributed by atoms with Gasteiger partial charge in [-0.05, 0) is 18.2 Å². The number of nitrogen functional groups attached to an aromatic ring is 1. The Morgan fingerprint density at radius 1 is 1.45 bits per heavy atom. The standard InChI is InChI=1S/C11H10ClN3O3S2/c1-6(16)9-5-19-11(14-9)15-20(17,18)10-3-2-7(13)4-8(10)12/h2-5H,13H2,1H3,(H,14,15). The van der Waals surface area contributed by atoms with Crippen LogP contribution in [0.1, 0.15) is 17.4 Å². The maximum Gasteiger partial charge on any atom is 0.265 e. The number of nitrogens with two attached hydrogens (primary N) is 1. The number of thiazole rings is 1. The fraction of sp³-hybridized carbons (Fsp3) is 0.0909. The van der Waals surface area contributed by atoms with E-state index in [1.165, 1.54) is 30.5 Å². The summed E-state index contributed by atoms with van der Waals surface area (Å²) in [6.07, 6.45) is 0. The van der Waals surface area contributed by atoms with Crippen LogP contribution in [0.3, 0.4) is 0 Å². The Labute approximate surface area is 124 Å². The molecule has 3 N–H and O–H groups in total. The van der Waals surface area contributed by atoms with Crippen molar-refractivity contribution in [2.75, 3.05) is 10.5 Å². The molecule has 0 amide bonds. The van der Waals surface area contributed by atoms with Crippen molar-refractivity contribution in [3.63, 3.8) is 0 Å². The molecule has 1 aromatic heterocycles. The number of aromatic nitrogens is 1. The number of hydrogen-bond acceptors (Lipinski definition) is 6. The van der Waals surface area contributed by atoms with E-state index in [2.05, 4.69) is 9.71 Å². The van der Waals surface area contributed by atoms with Crippen LogP contribution in [-0.2, 0) is 10.0 Å². The molecule has 0 atom stereocenters. The lowest BCUT2D eigenvalue weighted by Crippen LogP contribution is -2.13. The van der Waals surface area contributed by atoms with Crippen LogP contribution in [0.4, 0.5) is 10.8 Å². The predicted octanol–water partition coefficient (Wildman–Crippen LogP) is 2.38. The van der Waals surface area contributed by atoms with Crippen LogP contribution >= 0.6 is 22.9 Å². The van der Waals surface area contributed by atoms with Crippen LogP contribution in [0, 0.1) is 0 Å². The van der Waals surface area contributed by atoms with Crippen LogP contribution in [0.15, 0.2) is 28.5 Å². The van der Waals surface area contributed by atoms with Gasteiger partial charge >= 0.3 is 0 Å². The summed E-state index contributed by atoms with van der Waals surface area (Å²) < 4.78 is 26.6. The second-order valence-corrected chi connectivity index (χ2v) is 6.81. The summed E-state index contributed by atoms with van der Waals surface area (Å²) in [5.74, 6) is -0.239. The molecule has 0 aliphatic heterocycles. The second-order valence-electron chi connectivity index (χ2n) is 3.89. The molecule has 2 aromatic rings. The van der Waals surface area contributed by atoms with Gasteiger partial charge in [0.2, 0.25) is 0 Å². The molecule has 2 rings (SSSR count). The minimum atomic E-state index is -3.87. The monoisotopic (exact) mass is 331 g/mol. The van der Waals surface area contributed by atoms with Gasteiger partial charge in [0.15, 0.2) is 10.9 Å². The van der Waals surface area contributed by atoms with E-state index in [-0.39, 0.29) is 26.5 Å². The molecule has 0 saturated carbocycles. The third kappa shape index (κ3) is 3.09. The van der Waals surface area contributed by atoms with Crippen LogP contribution in [-0.4, -0.2) is 19.2 Å². The zero-order valence-electron chi connectivity index (χ0n) is 10.3. The Balaban J connectivity index is 2.33. The Morgan fingerprint density at radius 3 is 2.70 bits per heavy atom. The van der Waals surface area contributed by atoms with E-state index < -0.39 is 10.0 Å². The Hall–Kier alpha value is -1.64. The van der Waals surface area contributed by atoms with Crippen molar-refractivity contribution >= 4 is 49.6 Å². The van der Waals surface area contributed by atoms with Crippen molar-refractivity contribution in [3.05, 3.63) is 34.3 Å². The number of Topliss-reactive ketones (excluding diaryl/α,β-unsaturated/α-hetero) is 1. The summed E-state index contributed by atoms with van der Waals surface area (Å²) in [5, 5.41) is 1.59. The zero-order chi connectivity index (χ0) is 14.9. The molecule has 0 radical (unpaired) electrons. The van der Waals surface area contributed by atoms with E-state index in [1.807, 2.05) is 0 Å². The predicted molar refractivity (Wildman–Crippen MR) is 78.8 cm³/mol. The summed E-state index contributed by atoms with van der Waals surface area (Å²) in [6, 6.07) is 4.09. The lowest BCUT2D eigenvalue weighted by molar-refractivity contribution is 0.101. The fourth-order valence-corrected chi connectivity index (χ4v) is 3.94. The van der Waals surface area contributed by atoms with Gasteiger partial charge in [0, 0.05) is 18.0 Å². The highest BCUT2D eigenvalue weighted by molar-refractivity contribution is 7.93. The third-order valence-corrected chi connectivity index (χ3v) is 5.04. The first-order chi connectivity index (χ1) is 9.29. The van der Waals surface area contributed by atoms with E-state index in [9.17, 15) is 13.2 Å². The summed E-state index contributed by atoms with van der Waals surface area (Å²) in [6.45, 7) is 1.35. The quantitative estimate of drug-likeness (QED) is 0.661. The molecule has 0 spiro atoms. The van der Waals surface area contributed by atoms with Gasteiger partial charge in [-0.2, -0.15) is 0 Å². The number of nitrogens with zero attached hydrogens (tertiary/aromatic N) is 1. The molecule has 9 heteroatoms. The highest BCUT2D eigenvalue weighted by Crippen LogP contribution is 2.26. The Bertz CT molecular complexity index is 771. The third-order valence-electron chi connectivity index (χ3n) is 2.33. The number of benzene rings is 1. The summed E-state index contributed by atoms with van der Waals surface area (Å²) in [7, 11) is -3.87. The number of rotatable bonds is 4. The van der Waals surface area contributed by atoms with Crippen molar-refractivity contribution in [1.82, 2.24) is 4.98 Å². The first kappa shape index (κ1) is 14.8. The lowest BCUT2D eigenvalue weighted by atomic mass is 10.3. The highest BCUT2D eigenvalue weighted by Gasteiger charge is 2.20. The normalized spacial score (nSPS) is 11.3. The van der Waals surface area contributed by atoms with Crippen LogP contribution in [0.5, 0.6) is 0 Å². The Morgan fingerprint density at radius 2 is 2.15 bits per heavy atom. The minimum absolute atomic E-state index is 0.0147. The van der Waals surface area contributed by atoms with Gasteiger partial charge in [0.25, 0.3) is 10.0 Å². The number of hydrogen-bond donors (Lipinski definition) is 2. The van der Waals surface area contributed by atoms with E-state index in [4.69, 9.17) is 17.3 Å². The topological polar surface area (TPSA) is 102 Å². The van der Waals surface area contributed by atoms with Gasteiger partial charge in [-0.15, -0.1) is 11.3 Å². The van der Waals surface area contributed by atoms with Gasteiger partial charge < -0.3 is 5.73 Å². The van der Waals surface area contributed by atoms with Gasteiger partial charge in [0.05, 0.1) is 5.02 Å². The SMILES string of the molecule is CC(=O)c1csc(NS(=O)(=O)c2ccc(N)cc2Cl)n1. The zero-order valence-corrected chi connectivity index (χ0v) is 12.6. The second kappa shape index (κ2) is 5.39. The van der Waals surface area contributed by atoms with Gasteiger partial charge in [-0.25, -0.2) is 13.4 Å². The molecule has 106 valence electrons. The molecule has 0 aliphatic carbocycles. The largest absolute Gasteiger partial charge is 0.399 e. The smallest absolute Gasteiger partial charge is 0.265 e. The molecular weight excluding hydrogens is 322 g/mol. The summed E-state index contributed by atoms with van der Waals surface area (Å²) in [5.41, 5.74) is 6.08. The van der Waals surface area contributed by atoms with Gasteiger partial charge in [-0.3, -0.25) is 9.52 Å². The number of sulfonamides is 1. The molecule has 0 bridgehead atoms. The van der Waals surface area contributed by atoms with E-state index in [1.54, 1.807) is 0 Å². The maximum atomic E-state index is 12.2. The van der Waals surface area contributed by atoms with Crippen LogP contribution in [0.2, 0.25) is 5.02 Å². The summed E-state index contributed by atoms with van der Waals surface area (Å²) >= 11 is 6.88. The van der Waals surface area contributed by atoms with Crippen LogP contribution < -0.4 is 10.5 Å². The van der Waals surface area contributed by atoms with Crippen molar-refractivity contribution in [2.45, 2.75) is 11.8 Å². The highest BCUT2D eigenvalue weighted by atomic mass is 35.5. The molecule has 20 heavy (non-hydrogen) atoms.